The number of piperazine rings is 1. The Morgan fingerprint density at radius 2 is 1.85 bits per heavy atom. The molecule has 1 aliphatic heterocycles. The van der Waals surface area contributed by atoms with Crippen molar-refractivity contribution in [2.45, 2.75) is 19.1 Å². The minimum Gasteiger partial charge on any atom is -0.314 e. The standard InChI is InChI=1S/C13H16ClF3N2.ClH/c1-9-2-3-10(8-11(9)14)12(13(15,16)17)19-6-4-18-5-7-19;/h2-3,8,12,18H,4-7H2,1H3;1H/t12-;/m0./s1. The first-order valence-electron chi connectivity index (χ1n) is 6.17. The van der Waals surface area contributed by atoms with Crippen LogP contribution < -0.4 is 5.32 Å². The fraction of sp³-hybridized carbons (Fsp3) is 0.538. The van der Waals surface area contributed by atoms with E-state index in [0.29, 0.717) is 31.2 Å². The number of hydrogen-bond acceptors (Lipinski definition) is 2. The van der Waals surface area contributed by atoms with Crippen LogP contribution in [0, 0.1) is 6.92 Å². The van der Waals surface area contributed by atoms with Crippen molar-refractivity contribution in [3.05, 3.63) is 34.3 Å². The lowest BCUT2D eigenvalue weighted by molar-refractivity contribution is -0.187. The highest BCUT2D eigenvalue weighted by Gasteiger charge is 2.44. The van der Waals surface area contributed by atoms with E-state index in [2.05, 4.69) is 5.32 Å². The average molecular weight is 329 g/mol. The molecular weight excluding hydrogens is 312 g/mol. The van der Waals surface area contributed by atoms with E-state index in [0.717, 1.165) is 5.56 Å². The molecule has 0 bridgehead atoms. The number of benzene rings is 1. The van der Waals surface area contributed by atoms with Crippen LogP contribution in [0.25, 0.3) is 0 Å². The summed E-state index contributed by atoms with van der Waals surface area (Å²) in [4.78, 5) is 1.46. The highest BCUT2D eigenvalue weighted by atomic mass is 35.5. The van der Waals surface area contributed by atoms with E-state index in [1.54, 1.807) is 13.0 Å². The molecule has 7 heteroatoms. The van der Waals surface area contributed by atoms with Gasteiger partial charge in [0, 0.05) is 31.2 Å². The van der Waals surface area contributed by atoms with Gasteiger partial charge < -0.3 is 5.32 Å². The number of rotatable bonds is 2. The van der Waals surface area contributed by atoms with Crippen LogP contribution >= 0.6 is 24.0 Å². The SMILES string of the molecule is Cc1ccc([C@H](N2CCNCC2)C(F)(F)F)cc1Cl.Cl. The number of aryl methyl sites for hydroxylation is 1. The van der Waals surface area contributed by atoms with Gasteiger partial charge in [0.1, 0.15) is 6.04 Å². The van der Waals surface area contributed by atoms with E-state index in [1.807, 2.05) is 0 Å². The Bertz CT molecular complexity index is 446. The molecule has 1 aromatic carbocycles. The van der Waals surface area contributed by atoms with Crippen LogP contribution in [0.15, 0.2) is 18.2 Å². The van der Waals surface area contributed by atoms with Gasteiger partial charge in [-0.25, -0.2) is 0 Å². The Hall–Kier alpha value is -0.490. The third kappa shape index (κ3) is 4.01. The van der Waals surface area contributed by atoms with Crippen LogP contribution in [0.4, 0.5) is 13.2 Å². The van der Waals surface area contributed by atoms with E-state index in [4.69, 9.17) is 11.6 Å². The molecular formula is C13H17Cl2F3N2. The maximum Gasteiger partial charge on any atom is 0.408 e. The first-order valence-corrected chi connectivity index (χ1v) is 6.55. The van der Waals surface area contributed by atoms with Gasteiger partial charge in [-0.3, -0.25) is 4.90 Å². The molecule has 0 amide bonds. The Labute approximate surface area is 127 Å². The monoisotopic (exact) mass is 328 g/mol. The molecule has 0 aromatic heterocycles. The lowest BCUT2D eigenvalue weighted by Gasteiger charge is -2.36. The quantitative estimate of drug-likeness (QED) is 0.892. The molecule has 2 rings (SSSR count). The number of halogens is 5. The lowest BCUT2D eigenvalue weighted by Crippen LogP contribution is -2.49. The number of nitrogens with one attached hydrogen (secondary N) is 1. The van der Waals surface area contributed by atoms with Crippen LogP contribution in [-0.2, 0) is 0 Å². The number of nitrogens with zero attached hydrogens (tertiary/aromatic N) is 1. The Morgan fingerprint density at radius 3 is 2.35 bits per heavy atom. The Morgan fingerprint density at radius 1 is 1.25 bits per heavy atom. The zero-order chi connectivity index (χ0) is 14.0. The molecule has 1 atom stereocenters. The molecule has 114 valence electrons. The summed E-state index contributed by atoms with van der Waals surface area (Å²) in [6.45, 7) is 3.70. The fourth-order valence-corrected chi connectivity index (χ4v) is 2.52. The van der Waals surface area contributed by atoms with Gasteiger partial charge in [0.2, 0.25) is 0 Å². The molecule has 1 fully saturated rings. The molecule has 2 nitrogen and oxygen atoms in total. The predicted molar refractivity (Wildman–Crippen MR) is 76.7 cm³/mol. The third-order valence-corrected chi connectivity index (χ3v) is 3.75. The van der Waals surface area contributed by atoms with Gasteiger partial charge in [0.15, 0.2) is 0 Å². The normalized spacial score (nSPS) is 18.4. The first-order chi connectivity index (χ1) is 8.89. The second-order valence-corrected chi connectivity index (χ2v) is 5.15. The van der Waals surface area contributed by atoms with Crippen molar-refractivity contribution >= 4 is 24.0 Å². The number of alkyl halides is 3. The van der Waals surface area contributed by atoms with Crippen LogP contribution in [0.2, 0.25) is 5.02 Å². The molecule has 1 saturated heterocycles. The van der Waals surface area contributed by atoms with Crippen LogP contribution in [0.3, 0.4) is 0 Å². The van der Waals surface area contributed by atoms with Gasteiger partial charge in [0.25, 0.3) is 0 Å². The third-order valence-electron chi connectivity index (χ3n) is 3.34. The van der Waals surface area contributed by atoms with Crippen LogP contribution in [-0.4, -0.2) is 37.3 Å². The molecule has 1 heterocycles. The molecule has 0 unspecified atom stereocenters. The van der Waals surface area contributed by atoms with Gasteiger partial charge in [-0.05, 0) is 24.1 Å². The summed E-state index contributed by atoms with van der Waals surface area (Å²) in [6, 6.07) is 3.00. The van der Waals surface area contributed by atoms with Crippen LogP contribution in [0.1, 0.15) is 17.2 Å². The van der Waals surface area contributed by atoms with Crippen molar-refractivity contribution in [1.29, 1.82) is 0 Å². The van der Waals surface area contributed by atoms with E-state index < -0.39 is 12.2 Å². The summed E-state index contributed by atoms with van der Waals surface area (Å²) in [5.74, 6) is 0. The van der Waals surface area contributed by atoms with Crippen molar-refractivity contribution in [1.82, 2.24) is 10.2 Å². The smallest absolute Gasteiger partial charge is 0.314 e. The minimum absolute atomic E-state index is 0. The average Bonchev–Trinajstić information content (AvgIpc) is 2.34. The van der Waals surface area contributed by atoms with Crippen molar-refractivity contribution in [2.75, 3.05) is 26.2 Å². The van der Waals surface area contributed by atoms with E-state index >= 15 is 0 Å². The van der Waals surface area contributed by atoms with Gasteiger partial charge in [-0.1, -0.05) is 23.7 Å². The Balaban J connectivity index is 0.00000200. The molecule has 0 spiro atoms. The molecule has 0 aliphatic carbocycles. The van der Waals surface area contributed by atoms with Gasteiger partial charge >= 0.3 is 6.18 Å². The van der Waals surface area contributed by atoms with E-state index in [1.165, 1.54) is 17.0 Å². The summed E-state index contributed by atoms with van der Waals surface area (Å²) in [5, 5.41) is 3.43. The summed E-state index contributed by atoms with van der Waals surface area (Å²) in [6.07, 6.45) is -4.30. The van der Waals surface area contributed by atoms with Crippen molar-refractivity contribution in [2.24, 2.45) is 0 Å². The zero-order valence-electron chi connectivity index (χ0n) is 11.0. The van der Waals surface area contributed by atoms with E-state index in [9.17, 15) is 13.2 Å². The molecule has 1 N–H and O–H groups in total. The molecule has 0 radical (unpaired) electrons. The highest BCUT2D eigenvalue weighted by molar-refractivity contribution is 6.31. The maximum atomic E-state index is 13.3. The summed E-state index contributed by atoms with van der Waals surface area (Å²) in [5.41, 5.74) is 0.997. The Kier molecular flexibility index (Phi) is 6.13. The molecule has 0 saturated carbocycles. The predicted octanol–water partition coefficient (Wildman–Crippen LogP) is 3.58. The summed E-state index contributed by atoms with van der Waals surface area (Å²) < 4.78 is 40.0. The highest BCUT2D eigenvalue weighted by Crippen LogP contribution is 2.38. The maximum absolute atomic E-state index is 13.3. The second-order valence-electron chi connectivity index (χ2n) is 4.74. The van der Waals surface area contributed by atoms with Crippen molar-refractivity contribution in [3.63, 3.8) is 0 Å². The molecule has 20 heavy (non-hydrogen) atoms. The lowest BCUT2D eigenvalue weighted by atomic mass is 10.0. The fourth-order valence-electron chi connectivity index (χ4n) is 2.33. The molecule has 1 aromatic rings. The van der Waals surface area contributed by atoms with E-state index in [-0.39, 0.29) is 18.0 Å². The van der Waals surface area contributed by atoms with Crippen LogP contribution in [0.5, 0.6) is 0 Å². The first kappa shape index (κ1) is 17.6. The number of hydrogen-bond donors (Lipinski definition) is 1. The van der Waals surface area contributed by atoms with Gasteiger partial charge in [-0.15, -0.1) is 12.4 Å². The summed E-state index contributed by atoms with van der Waals surface area (Å²) >= 11 is 5.95. The van der Waals surface area contributed by atoms with Crippen molar-refractivity contribution < 1.29 is 13.2 Å². The summed E-state index contributed by atoms with van der Waals surface area (Å²) in [7, 11) is 0. The van der Waals surface area contributed by atoms with Gasteiger partial charge in [0.05, 0.1) is 0 Å². The largest absolute Gasteiger partial charge is 0.408 e. The molecule has 1 aliphatic rings. The van der Waals surface area contributed by atoms with Gasteiger partial charge in [-0.2, -0.15) is 13.2 Å². The topological polar surface area (TPSA) is 15.3 Å². The second kappa shape index (κ2) is 6.98. The minimum atomic E-state index is -4.30. The zero-order valence-corrected chi connectivity index (χ0v) is 12.6. The van der Waals surface area contributed by atoms with Crippen molar-refractivity contribution in [3.8, 4) is 0 Å².